The molecule has 1 heterocycles. The van der Waals surface area contributed by atoms with Crippen molar-refractivity contribution in [1.29, 1.82) is 0 Å². The quantitative estimate of drug-likeness (QED) is 0.767. The van der Waals surface area contributed by atoms with Crippen molar-refractivity contribution in [2.45, 2.75) is 19.8 Å². The van der Waals surface area contributed by atoms with Gasteiger partial charge in [-0.05, 0) is 49.6 Å². The first kappa shape index (κ1) is 12.9. The van der Waals surface area contributed by atoms with Crippen molar-refractivity contribution >= 4 is 17.7 Å². The molecule has 0 amide bonds. The second-order valence-electron chi connectivity index (χ2n) is 5.21. The minimum Gasteiger partial charge on any atom is -0.341 e. The van der Waals surface area contributed by atoms with E-state index in [1.165, 1.54) is 23.3 Å². The second-order valence-corrected chi connectivity index (χ2v) is 5.21. The third kappa shape index (κ3) is 2.20. The fourth-order valence-electron chi connectivity index (χ4n) is 2.84. The molecule has 1 aliphatic heterocycles. The average molecular weight is 269 g/mol. The topological polar surface area (TPSA) is 20.3 Å². The number of hydrogen-bond donors (Lipinski definition) is 0. The summed E-state index contributed by atoms with van der Waals surface area (Å²) in [5.74, 6) is -0.378. The summed E-state index contributed by atoms with van der Waals surface area (Å²) < 4.78 is 13.3. The molecule has 0 unspecified atom stereocenters. The van der Waals surface area contributed by atoms with Crippen molar-refractivity contribution < 1.29 is 9.18 Å². The molecule has 0 fully saturated rings. The Morgan fingerprint density at radius 3 is 2.75 bits per heavy atom. The number of rotatable bonds is 2. The van der Waals surface area contributed by atoms with Gasteiger partial charge in [0, 0.05) is 17.8 Å². The summed E-state index contributed by atoms with van der Waals surface area (Å²) >= 11 is 0. The lowest BCUT2D eigenvalue weighted by atomic mass is 9.98. The highest BCUT2D eigenvalue weighted by Crippen LogP contribution is 2.35. The van der Waals surface area contributed by atoms with Crippen molar-refractivity contribution in [2.75, 3.05) is 11.4 Å². The van der Waals surface area contributed by atoms with E-state index in [1.807, 2.05) is 0 Å². The molecule has 0 atom stereocenters. The SMILES string of the molecule is Cc1ccc2c(c1)CCCN2c1ccc(F)cc1C=O. The van der Waals surface area contributed by atoms with E-state index in [0.29, 0.717) is 5.56 Å². The van der Waals surface area contributed by atoms with Gasteiger partial charge in [0.05, 0.1) is 5.69 Å². The van der Waals surface area contributed by atoms with Crippen LogP contribution in [0.1, 0.15) is 27.9 Å². The Kier molecular flexibility index (Phi) is 3.26. The van der Waals surface area contributed by atoms with Crippen molar-refractivity contribution in [2.24, 2.45) is 0 Å². The molecular formula is C17H16FNO. The summed E-state index contributed by atoms with van der Waals surface area (Å²) in [6.07, 6.45) is 2.80. The lowest BCUT2D eigenvalue weighted by Crippen LogP contribution is -2.25. The van der Waals surface area contributed by atoms with Crippen LogP contribution in [-0.4, -0.2) is 12.8 Å². The molecule has 3 rings (SSSR count). The Morgan fingerprint density at radius 2 is 1.95 bits per heavy atom. The lowest BCUT2D eigenvalue weighted by molar-refractivity contribution is 0.112. The maximum Gasteiger partial charge on any atom is 0.152 e. The highest BCUT2D eigenvalue weighted by Gasteiger charge is 2.20. The van der Waals surface area contributed by atoms with Crippen molar-refractivity contribution in [1.82, 2.24) is 0 Å². The van der Waals surface area contributed by atoms with E-state index in [4.69, 9.17) is 0 Å². The molecule has 0 N–H and O–H groups in total. The summed E-state index contributed by atoms with van der Waals surface area (Å²) in [4.78, 5) is 13.3. The molecule has 0 bridgehead atoms. The highest BCUT2D eigenvalue weighted by molar-refractivity contribution is 5.87. The standard InChI is InChI=1S/C17H16FNO/c1-12-4-6-16-13(9-12)3-2-8-19(16)17-7-5-15(18)10-14(17)11-20/h4-7,9-11H,2-3,8H2,1H3. The molecule has 3 heteroatoms. The Hall–Kier alpha value is -2.16. The predicted octanol–water partition coefficient (Wildman–Crippen LogP) is 4.03. The maximum atomic E-state index is 13.3. The van der Waals surface area contributed by atoms with Gasteiger partial charge in [-0.15, -0.1) is 0 Å². The van der Waals surface area contributed by atoms with Gasteiger partial charge in [0.1, 0.15) is 5.82 Å². The highest BCUT2D eigenvalue weighted by atomic mass is 19.1. The third-order valence-electron chi connectivity index (χ3n) is 3.76. The van der Waals surface area contributed by atoms with Gasteiger partial charge in [-0.1, -0.05) is 17.7 Å². The van der Waals surface area contributed by atoms with E-state index in [1.54, 1.807) is 6.07 Å². The Bertz CT molecular complexity index is 666. The minimum absolute atomic E-state index is 0.378. The number of aryl methyl sites for hydroxylation is 2. The third-order valence-corrected chi connectivity index (χ3v) is 3.76. The van der Waals surface area contributed by atoms with E-state index in [2.05, 4.69) is 30.0 Å². The van der Waals surface area contributed by atoms with Gasteiger partial charge >= 0.3 is 0 Å². The molecule has 102 valence electrons. The summed E-state index contributed by atoms with van der Waals surface area (Å²) in [6.45, 7) is 2.93. The molecule has 20 heavy (non-hydrogen) atoms. The number of fused-ring (bicyclic) bond motifs is 1. The first-order valence-electron chi connectivity index (χ1n) is 6.81. The summed E-state index contributed by atoms with van der Waals surface area (Å²) in [5, 5.41) is 0. The molecule has 0 aromatic heterocycles. The molecule has 0 saturated heterocycles. The number of anilines is 2. The monoisotopic (exact) mass is 269 g/mol. The van der Waals surface area contributed by atoms with Crippen LogP contribution >= 0.6 is 0 Å². The zero-order valence-corrected chi connectivity index (χ0v) is 11.4. The Balaban J connectivity index is 2.11. The van der Waals surface area contributed by atoms with Gasteiger partial charge in [-0.25, -0.2) is 4.39 Å². The number of hydrogen-bond acceptors (Lipinski definition) is 2. The number of aldehydes is 1. The maximum absolute atomic E-state index is 13.3. The van der Waals surface area contributed by atoms with Crippen LogP contribution in [0, 0.1) is 12.7 Å². The van der Waals surface area contributed by atoms with Gasteiger partial charge < -0.3 is 4.90 Å². The zero-order valence-electron chi connectivity index (χ0n) is 11.4. The average Bonchev–Trinajstić information content (AvgIpc) is 2.46. The van der Waals surface area contributed by atoms with Crippen LogP contribution < -0.4 is 4.90 Å². The molecule has 2 nitrogen and oxygen atoms in total. The van der Waals surface area contributed by atoms with Gasteiger partial charge in [0.15, 0.2) is 6.29 Å². The van der Waals surface area contributed by atoms with Gasteiger partial charge in [-0.2, -0.15) is 0 Å². The fourth-order valence-corrected chi connectivity index (χ4v) is 2.84. The normalized spacial score (nSPS) is 14.0. The van der Waals surface area contributed by atoms with Crippen LogP contribution in [0.15, 0.2) is 36.4 Å². The van der Waals surface area contributed by atoms with Crippen molar-refractivity contribution in [3.8, 4) is 0 Å². The van der Waals surface area contributed by atoms with Gasteiger partial charge in [0.2, 0.25) is 0 Å². The molecule has 2 aromatic carbocycles. The summed E-state index contributed by atoms with van der Waals surface area (Å²) in [6, 6.07) is 10.7. The molecule has 0 saturated carbocycles. The second kappa shape index (κ2) is 5.08. The molecule has 1 aliphatic rings. The number of carbonyl (C=O) groups is 1. The van der Waals surface area contributed by atoms with Crippen molar-refractivity contribution in [3.63, 3.8) is 0 Å². The van der Waals surface area contributed by atoms with Crippen LogP contribution in [-0.2, 0) is 6.42 Å². The van der Waals surface area contributed by atoms with Gasteiger partial charge in [-0.3, -0.25) is 4.79 Å². The lowest BCUT2D eigenvalue weighted by Gasteiger charge is -2.32. The fraction of sp³-hybridized carbons (Fsp3) is 0.235. The Morgan fingerprint density at radius 1 is 1.15 bits per heavy atom. The number of nitrogens with zero attached hydrogens (tertiary/aromatic N) is 1. The minimum atomic E-state index is -0.378. The molecule has 0 aliphatic carbocycles. The van der Waals surface area contributed by atoms with E-state index in [0.717, 1.165) is 37.0 Å². The van der Waals surface area contributed by atoms with E-state index >= 15 is 0 Å². The van der Waals surface area contributed by atoms with Gasteiger partial charge in [0.25, 0.3) is 0 Å². The van der Waals surface area contributed by atoms with Crippen LogP contribution in [0.3, 0.4) is 0 Å². The zero-order chi connectivity index (χ0) is 14.1. The molecule has 2 aromatic rings. The van der Waals surface area contributed by atoms with Crippen LogP contribution in [0.2, 0.25) is 0 Å². The first-order chi connectivity index (χ1) is 9.69. The Labute approximate surface area is 117 Å². The van der Waals surface area contributed by atoms with Crippen LogP contribution in [0.25, 0.3) is 0 Å². The van der Waals surface area contributed by atoms with Crippen molar-refractivity contribution in [3.05, 3.63) is 58.9 Å². The summed E-state index contributed by atoms with van der Waals surface area (Å²) in [5.41, 5.74) is 4.83. The van der Waals surface area contributed by atoms with E-state index in [9.17, 15) is 9.18 Å². The smallest absolute Gasteiger partial charge is 0.152 e. The van der Waals surface area contributed by atoms with E-state index in [-0.39, 0.29) is 5.82 Å². The van der Waals surface area contributed by atoms with Crippen LogP contribution in [0.5, 0.6) is 0 Å². The number of carbonyl (C=O) groups excluding carboxylic acids is 1. The molecular weight excluding hydrogens is 253 g/mol. The van der Waals surface area contributed by atoms with Crippen LogP contribution in [0.4, 0.5) is 15.8 Å². The van der Waals surface area contributed by atoms with E-state index < -0.39 is 0 Å². The molecule has 0 spiro atoms. The largest absolute Gasteiger partial charge is 0.341 e. The predicted molar refractivity (Wildman–Crippen MR) is 78.3 cm³/mol. The molecule has 0 radical (unpaired) electrons. The summed E-state index contributed by atoms with van der Waals surface area (Å²) in [7, 11) is 0. The number of benzene rings is 2. The first-order valence-corrected chi connectivity index (χ1v) is 6.81. The number of halogens is 1.